The van der Waals surface area contributed by atoms with Crippen molar-refractivity contribution in [1.82, 2.24) is 0 Å². The first kappa shape index (κ1) is 20.1. The van der Waals surface area contributed by atoms with Crippen LogP contribution in [0.3, 0.4) is 0 Å². The van der Waals surface area contributed by atoms with Gasteiger partial charge in [0.15, 0.2) is 0 Å². The first-order chi connectivity index (χ1) is 14.2. The number of carbonyl (C=O) groups is 1. The van der Waals surface area contributed by atoms with Gasteiger partial charge in [-0.15, -0.1) is 0 Å². The number of hydrogen-bond acceptors (Lipinski definition) is 5. The number of benzene rings is 2. The van der Waals surface area contributed by atoms with Gasteiger partial charge in [-0.25, -0.2) is 4.79 Å². The van der Waals surface area contributed by atoms with Gasteiger partial charge in [-0.2, -0.15) is 0 Å². The Balaban J connectivity index is 1.51. The maximum atomic E-state index is 11.8. The van der Waals surface area contributed by atoms with Crippen molar-refractivity contribution in [2.45, 2.75) is 23.1 Å². The van der Waals surface area contributed by atoms with Gasteiger partial charge in [0.25, 0.3) is 0 Å². The molecule has 0 spiro atoms. The van der Waals surface area contributed by atoms with Crippen LogP contribution in [-0.4, -0.2) is 52.1 Å². The Kier molecular flexibility index (Phi) is 6.59. The standard InChI is InChI=1S/C22H27N3O3S/c1-2-28-22(26)23-17-8-9-19-21(16-17)29-20-7-4-3-6-18(20)25(19)11-5-10-24-12-14-27-15-13-24/h3-4,6-9,16H,2,5,10-15H2,1H3,(H,23,26)/p+1. The number of nitrogens with zero attached hydrogens (tertiary/aromatic N) is 1. The summed E-state index contributed by atoms with van der Waals surface area (Å²) >= 11 is 1.75. The van der Waals surface area contributed by atoms with Crippen LogP contribution in [0.1, 0.15) is 13.3 Å². The lowest BCUT2D eigenvalue weighted by Crippen LogP contribution is -3.14. The Morgan fingerprint density at radius 2 is 1.97 bits per heavy atom. The zero-order valence-corrected chi connectivity index (χ0v) is 17.6. The minimum Gasteiger partial charge on any atom is -0.450 e. The van der Waals surface area contributed by atoms with Crippen molar-refractivity contribution in [2.24, 2.45) is 0 Å². The number of carbonyl (C=O) groups excluding carboxylic acids is 1. The number of fused-ring (bicyclic) bond motifs is 2. The van der Waals surface area contributed by atoms with Gasteiger partial charge in [-0.3, -0.25) is 5.32 Å². The first-order valence-corrected chi connectivity index (χ1v) is 11.1. The Morgan fingerprint density at radius 3 is 2.79 bits per heavy atom. The fraction of sp³-hybridized carbons (Fsp3) is 0.409. The van der Waals surface area contributed by atoms with Crippen LogP contribution in [0.5, 0.6) is 0 Å². The van der Waals surface area contributed by atoms with Gasteiger partial charge < -0.3 is 19.3 Å². The molecule has 7 heteroatoms. The predicted octanol–water partition coefficient (Wildman–Crippen LogP) is 3.16. The van der Waals surface area contributed by atoms with E-state index in [-0.39, 0.29) is 0 Å². The number of anilines is 3. The predicted molar refractivity (Wildman–Crippen MR) is 116 cm³/mol. The molecule has 2 heterocycles. The third-order valence-electron chi connectivity index (χ3n) is 5.26. The quantitative estimate of drug-likeness (QED) is 0.761. The molecule has 2 aliphatic rings. The third kappa shape index (κ3) is 4.86. The highest BCUT2D eigenvalue weighted by atomic mass is 32.2. The zero-order chi connectivity index (χ0) is 20.1. The number of para-hydroxylation sites is 1. The van der Waals surface area contributed by atoms with Crippen molar-refractivity contribution in [2.75, 3.05) is 56.2 Å². The van der Waals surface area contributed by atoms with Gasteiger partial charge in [0.2, 0.25) is 0 Å². The zero-order valence-electron chi connectivity index (χ0n) is 16.8. The fourth-order valence-electron chi connectivity index (χ4n) is 3.83. The van der Waals surface area contributed by atoms with E-state index in [2.05, 4.69) is 40.5 Å². The molecule has 1 saturated heterocycles. The molecule has 4 rings (SSSR count). The molecule has 0 bridgehead atoms. The van der Waals surface area contributed by atoms with Crippen LogP contribution in [-0.2, 0) is 9.47 Å². The average Bonchev–Trinajstić information content (AvgIpc) is 2.74. The summed E-state index contributed by atoms with van der Waals surface area (Å²) in [6, 6.07) is 14.6. The van der Waals surface area contributed by atoms with Crippen LogP contribution in [0, 0.1) is 0 Å². The van der Waals surface area contributed by atoms with Gasteiger partial charge in [0.05, 0.1) is 37.7 Å². The van der Waals surface area contributed by atoms with Gasteiger partial charge >= 0.3 is 6.09 Å². The van der Waals surface area contributed by atoms with Gasteiger partial charge in [0, 0.05) is 28.4 Å². The molecule has 2 N–H and O–H groups in total. The largest absolute Gasteiger partial charge is 0.450 e. The second-order valence-corrected chi connectivity index (χ2v) is 8.30. The lowest BCUT2D eigenvalue weighted by molar-refractivity contribution is -0.908. The highest BCUT2D eigenvalue weighted by Gasteiger charge is 2.24. The average molecular weight is 415 g/mol. The van der Waals surface area contributed by atoms with Crippen LogP contribution >= 0.6 is 11.8 Å². The van der Waals surface area contributed by atoms with Crippen molar-refractivity contribution in [3.05, 3.63) is 42.5 Å². The highest BCUT2D eigenvalue weighted by molar-refractivity contribution is 7.99. The van der Waals surface area contributed by atoms with E-state index in [1.165, 1.54) is 16.3 Å². The van der Waals surface area contributed by atoms with Crippen LogP contribution in [0.2, 0.25) is 0 Å². The van der Waals surface area contributed by atoms with E-state index in [4.69, 9.17) is 9.47 Å². The Bertz CT molecular complexity index is 855. The normalized spacial score (nSPS) is 16.1. The first-order valence-electron chi connectivity index (χ1n) is 10.3. The van der Waals surface area contributed by atoms with Crippen molar-refractivity contribution < 1.29 is 19.2 Å². The Hall–Kier alpha value is -2.22. The maximum Gasteiger partial charge on any atom is 0.411 e. The molecule has 154 valence electrons. The van der Waals surface area contributed by atoms with Gasteiger partial charge in [0.1, 0.15) is 13.1 Å². The molecule has 2 aliphatic heterocycles. The summed E-state index contributed by atoms with van der Waals surface area (Å²) in [6.07, 6.45) is 0.704. The molecule has 0 saturated carbocycles. The molecule has 29 heavy (non-hydrogen) atoms. The number of hydrogen-bond donors (Lipinski definition) is 2. The lowest BCUT2D eigenvalue weighted by Gasteiger charge is -2.33. The molecule has 0 radical (unpaired) electrons. The van der Waals surface area contributed by atoms with Gasteiger partial charge in [-0.05, 0) is 37.3 Å². The topological polar surface area (TPSA) is 55.2 Å². The molecule has 0 unspecified atom stereocenters. The van der Waals surface area contributed by atoms with E-state index >= 15 is 0 Å². The smallest absolute Gasteiger partial charge is 0.411 e. The lowest BCUT2D eigenvalue weighted by atomic mass is 10.2. The van der Waals surface area contributed by atoms with Crippen molar-refractivity contribution in [3.8, 4) is 0 Å². The number of rotatable bonds is 6. The number of ether oxygens (including phenoxy) is 2. The van der Waals surface area contributed by atoms with Crippen molar-refractivity contribution in [1.29, 1.82) is 0 Å². The number of amides is 1. The maximum absolute atomic E-state index is 11.8. The van der Waals surface area contributed by atoms with Crippen LogP contribution in [0.25, 0.3) is 0 Å². The molecule has 1 amide bonds. The molecule has 2 aromatic carbocycles. The minimum absolute atomic E-state index is 0.359. The molecule has 0 atom stereocenters. The van der Waals surface area contributed by atoms with E-state index < -0.39 is 6.09 Å². The summed E-state index contributed by atoms with van der Waals surface area (Å²) in [7, 11) is 0. The van der Waals surface area contributed by atoms with E-state index in [0.717, 1.165) is 56.4 Å². The Labute approximate surface area is 176 Å². The monoisotopic (exact) mass is 414 g/mol. The third-order valence-corrected chi connectivity index (χ3v) is 6.37. The number of nitrogens with one attached hydrogen (secondary N) is 2. The Morgan fingerprint density at radius 1 is 1.17 bits per heavy atom. The van der Waals surface area contributed by atoms with E-state index in [1.807, 2.05) is 12.1 Å². The van der Waals surface area contributed by atoms with Crippen molar-refractivity contribution >= 4 is 34.9 Å². The molecule has 1 fully saturated rings. The summed E-state index contributed by atoms with van der Waals surface area (Å²) in [4.78, 5) is 18.2. The molecule has 0 aliphatic carbocycles. The van der Waals surface area contributed by atoms with Crippen LogP contribution in [0.4, 0.5) is 21.9 Å². The summed E-state index contributed by atoms with van der Waals surface area (Å²) in [5.41, 5.74) is 3.21. The summed E-state index contributed by atoms with van der Waals surface area (Å²) in [6.45, 7) is 8.24. The highest BCUT2D eigenvalue weighted by Crippen LogP contribution is 2.48. The fourth-order valence-corrected chi connectivity index (χ4v) is 4.97. The van der Waals surface area contributed by atoms with E-state index in [0.29, 0.717) is 6.61 Å². The summed E-state index contributed by atoms with van der Waals surface area (Å²) in [5.74, 6) is 0. The SMILES string of the molecule is CCOC(=O)Nc1ccc2c(c1)Sc1ccccc1N2CCC[NH+]1CCOCC1. The molecule has 0 aromatic heterocycles. The second-order valence-electron chi connectivity index (χ2n) is 7.22. The van der Waals surface area contributed by atoms with E-state index in [9.17, 15) is 4.79 Å². The molecular weight excluding hydrogens is 386 g/mol. The molecule has 6 nitrogen and oxygen atoms in total. The minimum atomic E-state index is -0.418. The van der Waals surface area contributed by atoms with E-state index in [1.54, 1.807) is 23.6 Å². The summed E-state index contributed by atoms with van der Waals surface area (Å²) < 4.78 is 10.5. The van der Waals surface area contributed by atoms with Crippen LogP contribution in [0.15, 0.2) is 52.3 Å². The van der Waals surface area contributed by atoms with Crippen molar-refractivity contribution in [3.63, 3.8) is 0 Å². The number of morpholine rings is 1. The molecular formula is C22H28N3O3S+. The van der Waals surface area contributed by atoms with Gasteiger partial charge in [-0.1, -0.05) is 23.9 Å². The number of quaternary nitrogens is 1. The van der Waals surface area contributed by atoms with Crippen LogP contribution < -0.4 is 15.1 Å². The second kappa shape index (κ2) is 9.52. The molecule has 2 aromatic rings. The summed E-state index contributed by atoms with van der Waals surface area (Å²) in [5, 5.41) is 2.81.